The van der Waals surface area contributed by atoms with Gasteiger partial charge < -0.3 is 10.0 Å². The maximum atomic E-state index is 14.0. The van der Waals surface area contributed by atoms with E-state index in [0.717, 1.165) is 12.1 Å². The van der Waals surface area contributed by atoms with Crippen LogP contribution in [-0.4, -0.2) is 49.6 Å². The van der Waals surface area contributed by atoms with Gasteiger partial charge in [0.2, 0.25) is 5.91 Å². The van der Waals surface area contributed by atoms with Crippen LogP contribution in [0.5, 0.6) is 0 Å². The van der Waals surface area contributed by atoms with Crippen molar-refractivity contribution in [1.29, 1.82) is 0 Å². The molecule has 116 valence electrons. The largest absolute Gasteiger partial charge is 0.478 e. The Balaban J connectivity index is 3.33. The molecule has 0 saturated carbocycles. The lowest BCUT2D eigenvalue weighted by molar-refractivity contribution is -0.126. The normalized spacial score (nSPS) is 11.2. The summed E-state index contributed by atoms with van der Waals surface area (Å²) in [6.45, 7) is 1.96. The second-order valence-electron chi connectivity index (χ2n) is 4.24. The second-order valence-corrected chi connectivity index (χ2v) is 7.11. The molecule has 1 amide bonds. The van der Waals surface area contributed by atoms with Gasteiger partial charge in [0.1, 0.15) is 10.6 Å². The van der Waals surface area contributed by atoms with Gasteiger partial charge in [0.25, 0.3) is 0 Å². The van der Waals surface area contributed by atoms with Crippen molar-refractivity contribution in [2.45, 2.75) is 11.8 Å². The quantitative estimate of drug-likeness (QED) is 0.834. The van der Waals surface area contributed by atoms with E-state index in [-0.39, 0.29) is 4.47 Å². The summed E-state index contributed by atoms with van der Waals surface area (Å²) < 4.78 is 38.3. The number of aromatic carboxylic acids is 1. The standard InChI is InChI=1S/C12H13BrFNO5S/c1-3-15(2)10(16)6-21(19,20)9-5-7(13)4-8(11(9)14)12(17)18/h4-5H,3,6H2,1-2H3,(H,17,18). The molecule has 0 spiro atoms. The van der Waals surface area contributed by atoms with E-state index in [4.69, 9.17) is 5.11 Å². The Kier molecular flexibility index (Phi) is 5.46. The Hall–Kier alpha value is -1.48. The number of rotatable bonds is 5. The first-order valence-corrected chi connectivity index (χ1v) is 8.23. The van der Waals surface area contributed by atoms with Crippen molar-refractivity contribution in [3.63, 3.8) is 0 Å². The van der Waals surface area contributed by atoms with Crippen LogP contribution in [0.1, 0.15) is 17.3 Å². The molecule has 0 aromatic heterocycles. The first kappa shape index (κ1) is 17.6. The monoisotopic (exact) mass is 381 g/mol. The third-order valence-corrected chi connectivity index (χ3v) is 4.84. The number of hydrogen-bond acceptors (Lipinski definition) is 4. The Labute approximate surface area is 129 Å². The first-order chi connectivity index (χ1) is 9.60. The highest BCUT2D eigenvalue weighted by Crippen LogP contribution is 2.25. The fraction of sp³-hybridized carbons (Fsp3) is 0.333. The maximum Gasteiger partial charge on any atom is 0.338 e. The summed E-state index contributed by atoms with van der Waals surface area (Å²) in [5, 5.41) is 8.86. The van der Waals surface area contributed by atoms with Crippen LogP contribution in [0, 0.1) is 5.82 Å². The Morgan fingerprint density at radius 2 is 1.95 bits per heavy atom. The molecule has 0 aliphatic rings. The summed E-state index contributed by atoms with van der Waals surface area (Å²) in [5.41, 5.74) is -0.778. The van der Waals surface area contributed by atoms with Crippen molar-refractivity contribution in [1.82, 2.24) is 4.90 Å². The van der Waals surface area contributed by atoms with Crippen LogP contribution in [0.3, 0.4) is 0 Å². The molecule has 0 unspecified atom stereocenters. The van der Waals surface area contributed by atoms with Crippen molar-refractivity contribution >= 4 is 37.6 Å². The smallest absolute Gasteiger partial charge is 0.338 e. The number of carboxylic acid groups (broad SMARTS) is 1. The fourth-order valence-electron chi connectivity index (χ4n) is 1.47. The van der Waals surface area contributed by atoms with Gasteiger partial charge in [-0.05, 0) is 19.1 Å². The van der Waals surface area contributed by atoms with Crippen LogP contribution >= 0.6 is 15.9 Å². The highest BCUT2D eigenvalue weighted by molar-refractivity contribution is 9.10. The van der Waals surface area contributed by atoms with Gasteiger partial charge in [-0.3, -0.25) is 4.79 Å². The zero-order chi connectivity index (χ0) is 16.4. The number of nitrogens with zero attached hydrogens (tertiary/aromatic N) is 1. The summed E-state index contributed by atoms with van der Waals surface area (Å²) in [4.78, 5) is 22.9. The molecule has 1 rings (SSSR count). The number of amides is 1. The number of halogens is 2. The fourth-order valence-corrected chi connectivity index (χ4v) is 3.47. The van der Waals surface area contributed by atoms with Gasteiger partial charge in [0.05, 0.1) is 5.56 Å². The average Bonchev–Trinajstić information content (AvgIpc) is 2.38. The second kappa shape index (κ2) is 6.52. The zero-order valence-corrected chi connectivity index (χ0v) is 13.7. The van der Waals surface area contributed by atoms with Crippen molar-refractivity contribution in [2.75, 3.05) is 19.3 Å². The Bertz CT molecular complexity index is 689. The highest BCUT2D eigenvalue weighted by Gasteiger charge is 2.28. The summed E-state index contributed by atoms with van der Waals surface area (Å²) in [7, 11) is -2.87. The van der Waals surface area contributed by atoms with Crippen LogP contribution in [0.15, 0.2) is 21.5 Å². The molecule has 1 aromatic rings. The molecule has 0 atom stereocenters. The van der Waals surface area contributed by atoms with E-state index in [1.54, 1.807) is 6.92 Å². The molecule has 1 N–H and O–H groups in total. The van der Waals surface area contributed by atoms with Crippen molar-refractivity contribution in [3.05, 3.63) is 28.0 Å². The topological polar surface area (TPSA) is 91.8 Å². The number of benzene rings is 1. The van der Waals surface area contributed by atoms with E-state index in [2.05, 4.69) is 15.9 Å². The molecule has 0 aliphatic heterocycles. The van der Waals surface area contributed by atoms with Gasteiger partial charge in [0, 0.05) is 18.1 Å². The highest BCUT2D eigenvalue weighted by atomic mass is 79.9. The average molecular weight is 382 g/mol. The van der Waals surface area contributed by atoms with Crippen LogP contribution < -0.4 is 0 Å². The summed E-state index contributed by atoms with van der Waals surface area (Å²) in [6, 6.07) is 1.90. The van der Waals surface area contributed by atoms with Gasteiger partial charge in [-0.1, -0.05) is 15.9 Å². The minimum absolute atomic E-state index is 0.0937. The SMILES string of the molecule is CCN(C)C(=O)CS(=O)(=O)c1cc(Br)cc(C(=O)O)c1F. The lowest BCUT2D eigenvalue weighted by Crippen LogP contribution is -2.32. The Morgan fingerprint density at radius 3 is 2.43 bits per heavy atom. The van der Waals surface area contributed by atoms with Crippen LogP contribution in [-0.2, 0) is 14.6 Å². The molecular weight excluding hydrogens is 369 g/mol. The predicted octanol–water partition coefficient (Wildman–Crippen LogP) is 1.54. The van der Waals surface area contributed by atoms with Crippen molar-refractivity contribution in [2.24, 2.45) is 0 Å². The summed E-state index contributed by atoms with van der Waals surface area (Å²) in [5.74, 6) is -4.60. The molecule has 1 aromatic carbocycles. The molecule has 0 saturated heterocycles. The lowest BCUT2D eigenvalue weighted by atomic mass is 10.2. The molecule has 0 heterocycles. The van der Waals surface area contributed by atoms with Gasteiger partial charge in [-0.15, -0.1) is 0 Å². The van der Waals surface area contributed by atoms with E-state index in [9.17, 15) is 22.4 Å². The molecule has 0 fully saturated rings. The number of carbonyl (C=O) groups excluding carboxylic acids is 1. The molecule has 0 bridgehead atoms. The first-order valence-electron chi connectivity index (χ1n) is 5.79. The van der Waals surface area contributed by atoms with E-state index in [1.807, 2.05) is 0 Å². The number of hydrogen-bond donors (Lipinski definition) is 1. The number of carboxylic acids is 1. The van der Waals surface area contributed by atoms with Gasteiger partial charge in [-0.2, -0.15) is 0 Å². The van der Waals surface area contributed by atoms with E-state index in [0.29, 0.717) is 6.54 Å². The van der Waals surface area contributed by atoms with Crippen LogP contribution in [0.4, 0.5) is 4.39 Å². The summed E-state index contributed by atoms with van der Waals surface area (Å²) >= 11 is 2.93. The molecular formula is C12H13BrFNO5S. The van der Waals surface area contributed by atoms with Crippen LogP contribution in [0.25, 0.3) is 0 Å². The molecule has 21 heavy (non-hydrogen) atoms. The van der Waals surface area contributed by atoms with Crippen LogP contribution in [0.2, 0.25) is 0 Å². The van der Waals surface area contributed by atoms with Gasteiger partial charge >= 0.3 is 5.97 Å². The number of carbonyl (C=O) groups is 2. The van der Waals surface area contributed by atoms with E-state index < -0.39 is 43.7 Å². The van der Waals surface area contributed by atoms with Gasteiger partial charge in [0.15, 0.2) is 15.7 Å². The Morgan fingerprint density at radius 1 is 1.38 bits per heavy atom. The molecule has 0 aliphatic carbocycles. The number of sulfone groups is 1. The van der Waals surface area contributed by atoms with E-state index in [1.165, 1.54) is 11.9 Å². The molecule has 9 heteroatoms. The molecule has 0 radical (unpaired) electrons. The van der Waals surface area contributed by atoms with Gasteiger partial charge in [-0.25, -0.2) is 17.6 Å². The minimum Gasteiger partial charge on any atom is -0.478 e. The third-order valence-electron chi connectivity index (χ3n) is 2.78. The van der Waals surface area contributed by atoms with E-state index >= 15 is 0 Å². The predicted molar refractivity (Wildman–Crippen MR) is 76.4 cm³/mol. The van der Waals surface area contributed by atoms with Crippen molar-refractivity contribution in [3.8, 4) is 0 Å². The third kappa shape index (κ3) is 4.01. The summed E-state index contributed by atoms with van der Waals surface area (Å²) in [6.07, 6.45) is 0. The maximum absolute atomic E-state index is 14.0. The van der Waals surface area contributed by atoms with Crippen molar-refractivity contribution < 1.29 is 27.5 Å². The zero-order valence-electron chi connectivity index (χ0n) is 11.3. The minimum atomic E-state index is -4.28. The lowest BCUT2D eigenvalue weighted by Gasteiger charge is -2.15. The molecule has 6 nitrogen and oxygen atoms in total.